The molecule has 0 saturated heterocycles. The number of allylic oxidation sites excluding steroid dienone is 1. The number of carboxylic acids is 1. The molecule has 0 unspecified atom stereocenters. The molecule has 0 bridgehead atoms. The highest BCUT2D eigenvalue weighted by Gasteiger charge is 2.36. The van der Waals surface area contributed by atoms with Gasteiger partial charge in [0, 0.05) is 18.6 Å². The standard InChI is InChI=1S/C24H20F6O4/c1-2-33-21(22(31)32)14-16-7-9-20(10-8-16)34-11-5-3-4-6-17-12-18(23(25,26)27)15-19(13-17)24(28,29)30/h3,5,7-10,12-13,15,21H,2,11,14H2,1H3,(H,31,32)/b5-3+/t21-/m0/s1. The van der Waals surface area contributed by atoms with Gasteiger partial charge in [0.1, 0.15) is 12.4 Å². The zero-order valence-electron chi connectivity index (χ0n) is 17.8. The second-order valence-electron chi connectivity index (χ2n) is 6.91. The van der Waals surface area contributed by atoms with Crippen LogP contribution in [0.15, 0.2) is 54.6 Å². The molecule has 34 heavy (non-hydrogen) atoms. The second-order valence-corrected chi connectivity index (χ2v) is 6.91. The molecule has 0 aliphatic rings. The molecule has 0 aromatic heterocycles. The van der Waals surface area contributed by atoms with E-state index < -0.39 is 41.1 Å². The van der Waals surface area contributed by atoms with Gasteiger partial charge in [0.15, 0.2) is 6.10 Å². The van der Waals surface area contributed by atoms with Gasteiger partial charge in [-0.25, -0.2) is 4.79 Å². The number of hydrogen-bond acceptors (Lipinski definition) is 3. The minimum atomic E-state index is -4.94. The SMILES string of the molecule is CCO[C@@H](Cc1ccc(OC/C=C/C#Cc2cc(C(F)(F)F)cc(C(F)(F)F)c2)cc1)C(=O)O. The molecule has 0 aliphatic heterocycles. The van der Waals surface area contributed by atoms with Gasteiger partial charge in [-0.2, -0.15) is 26.3 Å². The first-order chi connectivity index (χ1) is 15.9. The highest BCUT2D eigenvalue weighted by atomic mass is 19.4. The van der Waals surface area contributed by atoms with Crippen LogP contribution in [0.4, 0.5) is 26.3 Å². The average molecular weight is 486 g/mol. The largest absolute Gasteiger partial charge is 0.490 e. The smallest absolute Gasteiger partial charge is 0.416 e. The lowest BCUT2D eigenvalue weighted by Gasteiger charge is -2.12. The molecule has 0 saturated carbocycles. The van der Waals surface area contributed by atoms with Crippen LogP contribution in [0.25, 0.3) is 0 Å². The van der Waals surface area contributed by atoms with Gasteiger partial charge < -0.3 is 14.6 Å². The normalized spacial score (nSPS) is 12.8. The maximum absolute atomic E-state index is 12.9. The summed E-state index contributed by atoms with van der Waals surface area (Å²) in [5, 5.41) is 9.11. The zero-order chi connectivity index (χ0) is 25.4. The third-order valence-corrected chi connectivity index (χ3v) is 4.34. The van der Waals surface area contributed by atoms with Gasteiger partial charge in [0.25, 0.3) is 0 Å². The highest BCUT2D eigenvalue weighted by Crippen LogP contribution is 2.36. The fourth-order valence-electron chi connectivity index (χ4n) is 2.76. The number of rotatable bonds is 8. The summed E-state index contributed by atoms with van der Waals surface area (Å²) in [5.41, 5.74) is -2.56. The van der Waals surface area contributed by atoms with Crippen LogP contribution in [0.1, 0.15) is 29.2 Å². The van der Waals surface area contributed by atoms with Crippen LogP contribution in [0.3, 0.4) is 0 Å². The van der Waals surface area contributed by atoms with Crippen LogP contribution in [-0.4, -0.2) is 30.4 Å². The van der Waals surface area contributed by atoms with Crippen LogP contribution < -0.4 is 4.74 Å². The number of carbonyl (C=O) groups is 1. The first-order valence-corrected chi connectivity index (χ1v) is 9.92. The number of aliphatic carboxylic acids is 1. The molecule has 0 amide bonds. The average Bonchev–Trinajstić information content (AvgIpc) is 2.75. The summed E-state index contributed by atoms with van der Waals surface area (Å²) in [6, 6.07) is 7.75. The van der Waals surface area contributed by atoms with Crippen molar-refractivity contribution in [3.63, 3.8) is 0 Å². The predicted octanol–water partition coefficient (Wildman–Crippen LogP) is 5.74. The molecule has 182 valence electrons. The number of carboxylic acid groups (broad SMARTS) is 1. The predicted molar refractivity (Wildman–Crippen MR) is 111 cm³/mol. The van der Waals surface area contributed by atoms with E-state index in [9.17, 15) is 31.1 Å². The molecule has 2 rings (SSSR count). The summed E-state index contributed by atoms with van der Waals surface area (Å²) in [7, 11) is 0. The molecule has 0 heterocycles. The molecular weight excluding hydrogens is 466 g/mol. The van der Waals surface area contributed by atoms with E-state index in [1.807, 2.05) is 0 Å². The quantitative estimate of drug-likeness (QED) is 0.382. The van der Waals surface area contributed by atoms with E-state index in [-0.39, 0.29) is 25.7 Å². The minimum Gasteiger partial charge on any atom is -0.490 e. The van der Waals surface area contributed by atoms with Crippen LogP contribution in [0.5, 0.6) is 5.75 Å². The maximum atomic E-state index is 12.9. The summed E-state index contributed by atoms with van der Waals surface area (Å²) in [6.07, 6.45) is -7.95. The van der Waals surface area contributed by atoms with E-state index >= 15 is 0 Å². The molecule has 10 heteroatoms. The summed E-state index contributed by atoms with van der Waals surface area (Å²) < 4.78 is 87.8. The Labute approximate surface area is 191 Å². The van der Waals surface area contributed by atoms with Crippen molar-refractivity contribution in [1.29, 1.82) is 0 Å². The summed E-state index contributed by atoms with van der Waals surface area (Å²) in [5.74, 6) is 4.05. The van der Waals surface area contributed by atoms with Crippen LogP contribution in [0.2, 0.25) is 0 Å². The first-order valence-electron chi connectivity index (χ1n) is 9.92. The second kappa shape index (κ2) is 11.6. The molecule has 0 spiro atoms. The first kappa shape index (κ1) is 26.8. The summed E-state index contributed by atoms with van der Waals surface area (Å²) in [6.45, 7) is 2.01. The molecule has 0 radical (unpaired) electrons. The Hall–Kier alpha value is -3.45. The number of halogens is 6. The monoisotopic (exact) mass is 486 g/mol. The van der Waals surface area contributed by atoms with Gasteiger partial charge >= 0.3 is 18.3 Å². The molecule has 1 atom stereocenters. The van der Waals surface area contributed by atoms with E-state index in [1.54, 1.807) is 31.2 Å². The zero-order valence-corrected chi connectivity index (χ0v) is 17.8. The Balaban J connectivity index is 1.97. The van der Waals surface area contributed by atoms with Crippen molar-refractivity contribution in [2.45, 2.75) is 31.8 Å². The Bertz CT molecular complexity index is 1030. The van der Waals surface area contributed by atoms with Crippen molar-refractivity contribution in [3.05, 3.63) is 76.9 Å². The molecular formula is C24H20F6O4. The van der Waals surface area contributed by atoms with Gasteiger partial charge in [-0.3, -0.25) is 0 Å². The van der Waals surface area contributed by atoms with Crippen molar-refractivity contribution in [3.8, 4) is 17.6 Å². The number of ether oxygens (including phenoxy) is 2. The molecule has 2 aromatic carbocycles. The van der Waals surface area contributed by atoms with E-state index in [1.165, 1.54) is 12.2 Å². The lowest BCUT2D eigenvalue weighted by atomic mass is 10.0. The summed E-state index contributed by atoms with van der Waals surface area (Å²) in [4.78, 5) is 11.1. The molecule has 4 nitrogen and oxygen atoms in total. The van der Waals surface area contributed by atoms with Gasteiger partial charge in [0.2, 0.25) is 0 Å². The molecule has 0 aliphatic carbocycles. The Morgan fingerprint density at radius 3 is 2.12 bits per heavy atom. The number of hydrogen-bond donors (Lipinski definition) is 1. The lowest BCUT2D eigenvalue weighted by Crippen LogP contribution is -2.26. The van der Waals surface area contributed by atoms with E-state index in [0.29, 0.717) is 17.9 Å². The molecule has 1 N–H and O–H groups in total. The van der Waals surface area contributed by atoms with Gasteiger partial charge in [0.05, 0.1) is 11.1 Å². The summed E-state index contributed by atoms with van der Waals surface area (Å²) >= 11 is 0. The third-order valence-electron chi connectivity index (χ3n) is 4.34. The van der Waals surface area contributed by atoms with E-state index in [4.69, 9.17) is 14.6 Å². The van der Waals surface area contributed by atoms with Crippen molar-refractivity contribution >= 4 is 5.97 Å². The number of benzene rings is 2. The number of alkyl halides is 6. The molecule has 2 aromatic rings. The van der Waals surface area contributed by atoms with Crippen LogP contribution in [-0.2, 0) is 28.3 Å². The van der Waals surface area contributed by atoms with E-state index in [0.717, 1.165) is 5.56 Å². The Morgan fingerprint density at radius 1 is 1.03 bits per heavy atom. The van der Waals surface area contributed by atoms with Gasteiger partial charge in [-0.05, 0) is 55.0 Å². The Morgan fingerprint density at radius 2 is 1.62 bits per heavy atom. The topological polar surface area (TPSA) is 55.8 Å². The third kappa shape index (κ3) is 8.48. The van der Waals surface area contributed by atoms with Crippen LogP contribution in [0, 0.1) is 11.8 Å². The Kier molecular flexibility index (Phi) is 9.15. The fraction of sp³-hybridized carbons (Fsp3) is 0.292. The lowest BCUT2D eigenvalue weighted by molar-refractivity contribution is -0.150. The van der Waals surface area contributed by atoms with Gasteiger partial charge in [-0.1, -0.05) is 24.0 Å². The maximum Gasteiger partial charge on any atom is 0.416 e. The van der Waals surface area contributed by atoms with Crippen molar-refractivity contribution in [2.75, 3.05) is 13.2 Å². The molecule has 0 fully saturated rings. The van der Waals surface area contributed by atoms with Gasteiger partial charge in [-0.15, -0.1) is 0 Å². The van der Waals surface area contributed by atoms with E-state index in [2.05, 4.69) is 11.8 Å². The van der Waals surface area contributed by atoms with Crippen LogP contribution >= 0.6 is 0 Å². The van der Waals surface area contributed by atoms with Crippen molar-refractivity contribution < 1.29 is 45.7 Å². The minimum absolute atomic E-state index is 0.0405. The van der Waals surface area contributed by atoms with Crippen molar-refractivity contribution in [2.24, 2.45) is 0 Å². The highest BCUT2D eigenvalue weighted by molar-refractivity contribution is 5.72. The fourth-order valence-corrected chi connectivity index (χ4v) is 2.76. The van der Waals surface area contributed by atoms with Crippen molar-refractivity contribution in [1.82, 2.24) is 0 Å².